The maximum absolute atomic E-state index is 11.5. The van der Waals surface area contributed by atoms with Gasteiger partial charge in [-0.25, -0.2) is 4.98 Å². The molecule has 0 bridgehead atoms. The Bertz CT molecular complexity index is 1490. The van der Waals surface area contributed by atoms with Gasteiger partial charge in [0.15, 0.2) is 0 Å². The van der Waals surface area contributed by atoms with Crippen LogP contribution >= 0.6 is 23.2 Å². The first-order valence-electron chi connectivity index (χ1n) is 13.1. The SMILES string of the molecule is COc1nc(-c2cccc(-c3cccc(-c4cnn(CCN)c4)c3Cl)c2Cl)ccc1CCC[C@@H]1CCC(=O)N1. The van der Waals surface area contributed by atoms with E-state index < -0.39 is 0 Å². The van der Waals surface area contributed by atoms with Gasteiger partial charge in [-0.15, -0.1) is 0 Å². The Balaban J connectivity index is 1.40. The summed E-state index contributed by atoms with van der Waals surface area (Å²) in [5, 5.41) is 8.57. The predicted molar refractivity (Wildman–Crippen MR) is 156 cm³/mol. The normalized spacial score (nSPS) is 15.0. The van der Waals surface area contributed by atoms with Crippen molar-refractivity contribution in [3.8, 4) is 39.4 Å². The van der Waals surface area contributed by atoms with Crippen LogP contribution in [0.1, 0.15) is 31.2 Å². The number of halogens is 2. The molecule has 0 radical (unpaired) electrons. The lowest BCUT2D eigenvalue weighted by atomic mass is 9.97. The van der Waals surface area contributed by atoms with Crippen LogP contribution in [0.2, 0.25) is 10.0 Å². The first-order valence-corrected chi connectivity index (χ1v) is 13.9. The van der Waals surface area contributed by atoms with Gasteiger partial charge in [0.25, 0.3) is 0 Å². The molecule has 5 rings (SSSR count). The van der Waals surface area contributed by atoms with Gasteiger partial charge >= 0.3 is 0 Å². The summed E-state index contributed by atoms with van der Waals surface area (Å²) in [6.07, 6.45) is 7.97. The molecule has 1 aliphatic rings. The molecule has 1 fully saturated rings. The molecule has 2 aromatic heterocycles. The highest BCUT2D eigenvalue weighted by molar-refractivity contribution is 6.39. The van der Waals surface area contributed by atoms with Crippen molar-refractivity contribution in [3.63, 3.8) is 0 Å². The fraction of sp³-hybridized carbons (Fsp3) is 0.300. The molecule has 39 heavy (non-hydrogen) atoms. The van der Waals surface area contributed by atoms with Crippen LogP contribution in [-0.2, 0) is 17.8 Å². The van der Waals surface area contributed by atoms with Crippen molar-refractivity contribution in [2.75, 3.05) is 13.7 Å². The molecule has 3 heterocycles. The summed E-state index contributed by atoms with van der Waals surface area (Å²) in [6, 6.07) is 16.1. The maximum atomic E-state index is 11.5. The summed E-state index contributed by atoms with van der Waals surface area (Å²) in [5.41, 5.74) is 11.7. The summed E-state index contributed by atoms with van der Waals surface area (Å²) in [7, 11) is 1.63. The van der Waals surface area contributed by atoms with Gasteiger partial charge in [-0.3, -0.25) is 9.48 Å². The first-order chi connectivity index (χ1) is 19.0. The molecule has 1 atom stereocenters. The summed E-state index contributed by atoms with van der Waals surface area (Å²) in [5.74, 6) is 0.730. The molecule has 3 N–H and O–H groups in total. The van der Waals surface area contributed by atoms with Crippen LogP contribution in [-0.4, -0.2) is 40.4 Å². The molecule has 0 unspecified atom stereocenters. The number of methoxy groups -OCH3 is 1. The van der Waals surface area contributed by atoms with Crippen LogP contribution in [0.15, 0.2) is 60.9 Å². The van der Waals surface area contributed by atoms with Crippen molar-refractivity contribution in [2.24, 2.45) is 5.73 Å². The molecule has 1 saturated heterocycles. The fourth-order valence-electron chi connectivity index (χ4n) is 5.08. The van der Waals surface area contributed by atoms with E-state index in [1.54, 1.807) is 18.0 Å². The molecule has 4 aromatic rings. The van der Waals surface area contributed by atoms with Crippen LogP contribution in [0.25, 0.3) is 33.5 Å². The van der Waals surface area contributed by atoms with Gasteiger partial charge < -0.3 is 15.8 Å². The fourth-order valence-corrected chi connectivity index (χ4v) is 5.74. The maximum Gasteiger partial charge on any atom is 0.220 e. The third-order valence-electron chi connectivity index (χ3n) is 7.08. The van der Waals surface area contributed by atoms with E-state index in [1.165, 1.54) is 0 Å². The molecule has 0 saturated carbocycles. The Morgan fingerprint density at radius 3 is 2.46 bits per heavy atom. The van der Waals surface area contributed by atoms with Gasteiger partial charge in [0, 0.05) is 58.6 Å². The smallest absolute Gasteiger partial charge is 0.220 e. The van der Waals surface area contributed by atoms with Crippen LogP contribution in [0.5, 0.6) is 5.88 Å². The molecule has 2 aromatic carbocycles. The number of nitrogens with zero attached hydrogens (tertiary/aromatic N) is 3. The number of benzene rings is 2. The standard InChI is InChI=1S/C30H31Cl2N5O2/c1-39-30-19(5-2-6-21-12-14-27(38)35-21)11-13-26(36-30)25-10-4-9-24(29(25)32)23-8-3-7-22(28(23)31)20-17-34-37(18-20)16-15-33/h3-4,7-11,13,17-18,21H,2,5-6,12,14-16,33H2,1H3,(H,35,38)/t21-/m1/s1. The Labute approximate surface area is 238 Å². The number of amides is 1. The third-order valence-corrected chi connectivity index (χ3v) is 7.90. The van der Waals surface area contributed by atoms with Crippen molar-refractivity contribution in [2.45, 2.75) is 44.7 Å². The zero-order valence-electron chi connectivity index (χ0n) is 21.8. The van der Waals surface area contributed by atoms with E-state index in [9.17, 15) is 4.79 Å². The van der Waals surface area contributed by atoms with E-state index >= 15 is 0 Å². The van der Waals surface area contributed by atoms with Crippen molar-refractivity contribution in [3.05, 3.63) is 76.5 Å². The van der Waals surface area contributed by atoms with E-state index in [2.05, 4.69) is 10.4 Å². The minimum Gasteiger partial charge on any atom is -0.481 e. The van der Waals surface area contributed by atoms with E-state index in [4.69, 9.17) is 38.7 Å². The average molecular weight is 565 g/mol. The highest BCUT2D eigenvalue weighted by Gasteiger charge is 2.21. The molecular formula is C30H31Cl2N5O2. The lowest BCUT2D eigenvalue weighted by Gasteiger charge is -2.15. The lowest BCUT2D eigenvalue weighted by Crippen LogP contribution is -2.25. The number of carbonyl (C=O) groups excluding carboxylic acids is 1. The molecule has 9 heteroatoms. The van der Waals surface area contributed by atoms with Gasteiger partial charge in [-0.05, 0) is 31.7 Å². The minimum atomic E-state index is 0.148. The molecule has 0 aliphatic carbocycles. The van der Waals surface area contributed by atoms with Gasteiger partial charge in [0.1, 0.15) is 0 Å². The molecule has 1 aliphatic heterocycles. The van der Waals surface area contributed by atoms with Crippen LogP contribution in [0, 0.1) is 0 Å². The summed E-state index contributed by atoms with van der Waals surface area (Å²) >= 11 is 13.9. The van der Waals surface area contributed by atoms with Crippen LogP contribution < -0.4 is 15.8 Å². The van der Waals surface area contributed by atoms with E-state index in [-0.39, 0.29) is 11.9 Å². The summed E-state index contributed by atoms with van der Waals surface area (Å²) < 4.78 is 7.45. The topological polar surface area (TPSA) is 95.1 Å². The number of hydrogen-bond acceptors (Lipinski definition) is 5. The van der Waals surface area contributed by atoms with Gasteiger partial charge in [-0.2, -0.15) is 5.10 Å². The molecular weight excluding hydrogens is 533 g/mol. The number of carbonyl (C=O) groups is 1. The highest BCUT2D eigenvalue weighted by atomic mass is 35.5. The zero-order chi connectivity index (χ0) is 27.4. The quantitative estimate of drug-likeness (QED) is 0.241. The third kappa shape index (κ3) is 5.96. The molecule has 202 valence electrons. The monoisotopic (exact) mass is 563 g/mol. The molecule has 1 amide bonds. The Kier molecular flexibility index (Phi) is 8.50. The minimum absolute atomic E-state index is 0.148. The lowest BCUT2D eigenvalue weighted by molar-refractivity contribution is -0.119. The number of rotatable bonds is 10. The predicted octanol–water partition coefficient (Wildman–Crippen LogP) is 6.15. The van der Waals surface area contributed by atoms with Crippen molar-refractivity contribution < 1.29 is 9.53 Å². The van der Waals surface area contributed by atoms with Crippen LogP contribution in [0.3, 0.4) is 0 Å². The van der Waals surface area contributed by atoms with Crippen LogP contribution in [0.4, 0.5) is 0 Å². The molecule has 7 nitrogen and oxygen atoms in total. The zero-order valence-corrected chi connectivity index (χ0v) is 23.3. The number of hydrogen-bond donors (Lipinski definition) is 2. The van der Waals surface area contributed by atoms with Crippen molar-refractivity contribution in [1.82, 2.24) is 20.1 Å². The Morgan fingerprint density at radius 2 is 1.77 bits per heavy atom. The highest BCUT2D eigenvalue weighted by Crippen LogP contribution is 2.42. The van der Waals surface area contributed by atoms with E-state index in [1.807, 2.05) is 54.7 Å². The number of nitrogens with one attached hydrogen (secondary N) is 1. The first kappa shape index (κ1) is 27.2. The van der Waals surface area contributed by atoms with Crippen molar-refractivity contribution >= 4 is 29.1 Å². The average Bonchev–Trinajstić information content (AvgIpc) is 3.58. The van der Waals surface area contributed by atoms with Gasteiger partial charge in [-0.1, -0.05) is 65.7 Å². The summed E-state index contributed by atoms with van der Waals surface area (Å²) in [4.78, 5) is 16.3. The molecule has 0 spiro atoms. The number of pyridine rings is 1. The van der Waals surface area contributed by atoms with E-state index in [0.717, 1.165) is 64.8 Å². The van der Waals surface area contributed by atoms with E-state index in [0.29, 0.717) is 35.4 Å². The number of aryl methyl sites for hydroxylation is 1. The Hall–Kier alpha value is -3.39. The number of ether oxygens (including phenoxy) is 1. The number of nitrogens with two attached hydrogens (primary N) is 1. The van der Waals surface area contributed by atoms with Crippen molar-refractivity contribution in [1.29, 1.82) is 0 Å². The summed E-state index contributed by atoms with van der Waals surface area (Å²) in [6.45, 7) is 1.15. The number of aromatic nitrogens is 3. The second kappa shape index (κ2) is 12.2. The Morgan fingerprint density at radius 1 is 1.05 bits per heavy atom. The largest absolute Gasteiger partial charge is 0.481 e. The van der Waals surface area contributed by atoms with Gasteiger partial charge in [0.05, 0.1) is 35.6 Å². The second-order valence-electron chi connectivity index (χ2n) is 9.68. The van der Waals surface area contributed by atoms with Gasteiger partial charge in [0.2, 0.25) is 11.8 Å². The second-order valence-corrected chi connectivity index (χ2v) is 10.4.